The number of ether oxygens (including phenoxy) is 1. The average Bonchev–Trinajstić information content (AvgIpc) is 2.59. The summed E-state index contributed by atoms with van der Waals surface area (Å²) in [5.74, 6) is -1.42. The number of morpholine rings is 1. The lowest BCUT2D eigenvalue weighted by molar-refractivity contribution is -0.384. The van der Waals surface area contributed by atoms with Crippen molar-refractivity contribution in [3.63, 3.8) is 0 Å². The molecule has 1 spiro atoms. The van der Waals surface area contributed by atoms with Crippen LogP contribution in [0, 0.1) is 15.5 Å². The van der Waals surface area contributed by atoms with E-state index in [4.69, 9.17) is 4.74 Å². The van der Waals surface area contributed by atoms with E-state index in [0.29, 0.717) is 18.7 Å². The standard InChI is InChI=1S/C16H16N4O6/c1-8-12-16(13(21)17-15(23)18-14(16)22)7-9-6-10(20(24)25)2-3-11(9)19(12)4-5-26-8/h2-3,6,8,12H,4-5,7H2,1H3,(H2,17,18,21,22,23)/t8?,12-/m0/s1. The van der Waals surface area contributed by atoms with Gasteiger partial charge >= 0.3 is 6.03 Å². The largest absolute Gasteiger partial charge is 0.374 e. The maximum atomic E-state index is 12.8. The van der Waals surface area contributed by atoms with Crippen LogP contribution >= 0.6 is 0 Å². The number of rotatable bonds is 1. The van der Waals surface area contributed by atoms with E-state index in [1.807, 2.05) is 4.90 Å². The van der Waals surface area contributed by atoms with E-state index >= 15 is 0 Å². The summed E-state index contributed by atoms with van der Waals surface area (Å²) >= 11 is 0. The van der Waals surface area contributed by atoms with Crippen LogP contribution in [0.3, 0.4) is 0 Å². The van der Waals surface area contributed by atoms with Gasteiger partial charge in [0.15, 0.2) is 5.41 Å². The number of amides is 4. The third kappa shape index (κ3) is 2.11. The predicted octanol–water partition coefficient (Wildman–Crippen LogP) is 0.0970. The van der Waals surface area contributed by atoms with E-state index in [2.05, 4.69) is 10.6 Å². The Hall–Kier alpha value is -3.01. The summed E-state index contributed by atoms with van der Waals surface area (Å²) < 4.78 is 5.68. The smallest absolute Gasteiger partial charge is 0.328 e. The van der Waals surface area contributed by atoms with Gasteiger partial charge in [-0.3, -0.25) is 30.3 Å². The molecule has 1 aromatic carbocycles. The molecule has 0 bridgehead atoms. The van der Waals surface area contributed by atoms with Gasteiger partial charge in [0.2, 0.25) is 11.8 Å². The molecule has 3 aliphatic heterocycles. The number of carbonyl (C=O) groups is 3. The third-order valence-corrected chi connectivity index (χ3v) is 5.32. The van der Waals surface area contributed by atoms with Crippen LogP contribution in [0.4, 0.5) is 16.2 Å². The Balaban J connectivity index is 1.91. The zero-order chi connectivity index (χ0) is 18.6. The Bertz CT molecular complexity index is 833. The number of anilines is 1. The van der Waals surface area contributed by atoms with Crippen LogP contribution in [0.2, 0.25) is 0 Å². The normalized spacial score (nSPS) is 26.7. The van der Waals surface area contributed by atoms with Crippen LogP contribution in [-0.2, 0) is 20.7 Å². The number of hydrogen-bond acceptors (Lipinski definition) is 7. The highest BCUT2D eigenvalue weighted by Gasteiger charge is 2.62. The number of nitrogens with one attached hydrogen (secondary N) is 2. The van der Waals surface area contributed by atoms with Crippen LogP contribution in [0.25, 0.3) is 0 Å². The molecule has 2 N–H and O–H groups in total. The molecule has 1 aromatic rings. The number of barbiturate groups is 1. The second-order valence-corrected chi connectivity index (χ2v) is 6.67. The first-order valence-electron chi connectivity index (χ1n) is 8.17. The second kappa shape index (κ2) is 5.49. The first-order chi connectivity index (χ1) is 12.3. The summed E-state index contributed by atoms with van der Waals surface area (Å²) in [6, 6.07) is 2.92. The van der Waals surface area contributed by atoms with Gasteiger partial charge in [-0.2, -0.15) is 0 Å². The number of fused-ring (bicyclic) bond motifs is 4. The van der Waals surface area contributed by atoms with Gasteiger partial charge in [-0.1, -0.05) is 0 Å². The molecule has 2 fully saturated rings. The highest BCUT2D eigenvalue weighted by atomic mass is 16.6. The molecule has 4 amide bonds. The fourth-order valence-electron chi connectivity index (χ4n) is 4.26. The summed E-state index contributed by atoms with van der Waals surface area (Å²) in [5.41, 5.74) is -0.467. The van der Waals surface area contributed by atoms with Crippen molar-refractivity contribution in [2.45, 2.75) is 25.5 Å². The molecule has 0 aliphatic carbocycles. The Kier molecular flexibility index (Phi) is 3.48. The molecule has 136 valence electrons. The number of nitro groups is 1. The topological polar surface area (TPSA) is 131 Å². The summed E-state index contributed by atoms with van der Waals surface area (Å²) in [5, 5.41) is 15.5. The second-order valence-electron chi connectivity index (χ2n) is 6.67. The van der Waals surface area contributed by atoms with Gasteiger partial charge in [-0.15, -0.1) is 0 Å². The first-order valence-corrected chi connectivity index (χ1v) is 8.17. The van der Waals surface area contributed by atoms with Crippen molar-refractivity contribution in [1.29, 1.82) is 0 Å². The van der Waals surface area contributed by atoms with E-state index < -0.39 is 40.3 Å². The molecule has 1 unspecified atom stereocenters. The molecule has 3 heterocycles. The van der Waals surface area contributed by atoms with Gasteiger partial charge in [0.25, 0.3) is 5.69 Å². The number of carbonyl (C=O) groups excluding carboxylic acids is 3. The van der Waals surface area contributed by atoms with Crippen LogP contribution in [-0.4, -0.2) is 48.1 Å². The third-order valence-electron chi connectivity index (χ3n) is 5.32. The number of hydrogen-bond donors (Lipinski definition) is 2. The Morgan fingerprint density at radius 3 is 2.62 bits per heavy atom. The van der Waals surface area contributed by atoms with Gasteiger partial charge in [0, 0.05) is 30.8 Å². The Labute approximate surface area is 147 Å². The molecule has 10 nitrogen and oxygen atoms in total. The van der Waals surface area contributed by atoms with Crippen molar-refractivity contribution in [3.8, 4) is 0 Å². The number of urea groups is 1. The van der Waals surface area contributed by atoms with E-state index in [9.17, 15) is 24.5 Å². The lowest BCUT2D eigenvalue weighted by Crippen LogP contribution is -2.74. The summed E-state index contributed by atoms with van der Waals surface area (Å²) in [6.45, 7) is 2.59. The molecule has 2 atom stereocenters. The average molecular weight is 360 g/mol. The van der Waals surface area contributed by atoms with Crippen molar-refractivity contribution in [1.82, 2.24) is 10.6 Å². The van der Waals surface area contributed by atoms with Crippen LogP contribution in [0.1, 0.15) is 12.5 Å². The zero-order valence-corrected chi connectivity index (χ0v) is 13.9. The minimum Gasteiger partial charge on any atom is -0.374 e. The fraction of sp³-hybridized carbons (Fsp3) is 0.438. The highest BCUT2D eigenvalue weighted by molar-refractivity contribution is 6.20. The lowest BCUT2D eigenvalue weighted by atomic mass is 9.67. The van der Waals surface area contributed by atoms with Crippen LogP contribution in [0.15, 0.2) is 18.2 Å². The number of non-ortho nitro benzene ring substituents is 1. The monoisotopic (exact) mass is 360 g/mol. The maximum Gasteiger partial charge on any atom is 0.328 e. The van der Waals surface area contributed by atoms with Gasteiger partial charge < -0.3 is 9.64 Å². The molecule has 2 saturated heterocycles. The molecule has 0 aromatic heterocycles. The lowest BCUT2D eigenvalue weighted by Gasteiger charge is -2.54. The Morgan fingerprint density at radius 1 is 1.27 bits per heavy atom. The predicted molar refractivity (Wildman–Crippen MR) is 87.5 cm³/mol. The van der Waals surface area contributed by atoms with E-state index in [1.165, 1.54) is 12.1 Å². The van der Waals surface area contributed by atoms with E-state index in [-0.39, 0.29) is 12.1 Å². The van der Waals surface area contributed by atoms with Crippen molar-refractivity contribution < 1.29 is 24.0 Å². The minimum atomic E-state index is -1.60. The Morgan fingerprint density at radius 2 is 1.96 bits per heavy atom. The van der Waals surface area contributed by atoms with Crippen LogP contribution < -0.4 is 15.5 Å². The first kappa shape index (κ1) is 16.5. The highest BCUT2D eigenvalue weighted by Crippen LogP contribution is 2.46. The van der Waals surface area contributed by atoms with Crippen molar-refractivity contribution in [2.75, 3.05) is 18.1 Å². The quantitative estimate of drug-likeness (QED) is 0.412. The summed E-state index contributed by atoms with van der Waals surface area (Å²) in [4.78, 5) is 49.7. The molecule has 0 saturated carbocycles. The summed E-state index contributed by atoms with van der Waals surface area (Å²) in [6.07, 6.45) is -0.499. The van der Waals surface area contributed by atoms with Gasteiger partial charge in [0.05, 0.1) is 23.7 Å². The molecule has 0 radical (unpaired) electrons. The van der Waals surface area contributed by atoms with Gasteiger partial charge in [-0.25, -0.2) is 4.79 Å². The SMILES string of the molecule is CC1OCCN2c3ccc([N+](=O)[O-])cc3CC3(C(=O)NC(=O)NC3=O)[C@H]12. The number of imide groups is 2. The minimum absolute atomic E-state index is 0.0518. The van der Waals surface area contributed by atoms with Crippen molar-refractivity contribution >= 4 is 29.2 Å². The van der Waals surface area contributed by atoms with E-state index in [0.717, 1.165) is 5.69 Å². The van der Waals surface area contributed by atoms with Gasteiger partial charge in [-0.05, 0) is 18.6 Å². The van der Waals surface area contributed by atoms with Crippen molar-refractivity contribution in [2.24, 2.45) is 5.41 Å². The van der Waals surface area contributed by atoms with Crippen molar-refractivity contribution in [3.05, 3.63) is 33.9 Å². The van der Waals surface area contributed by atoms with Gasteiger partial charge in [0.1, 0.15) is 0 Å². The molecule has 3 aliphatic rings. The number of nitrogens with zero attached hydrogens (tertiary/aromatic N) is 2. The van der Waals surface area contributed by atoms with E-state index in [1.54, 1.807) is 13.0 Å². The number of benzene rings is 1. The molecule has 26 heavy (non-hydrogen) atoms. The van der Waals surface area contributed by atoms with Crippen LogP contribution in [0.5, 0.6) is 0 Å². The maximum absolute atomic E-state index is 12.8. The fourth-order valence-corrected chi connectivity index (χ4v) is 4.26. The number of nitro benzene ring substituents is 1. The molecular weight excluding hydrogens is 344 g/mol. The molecule has 4 rings (SSSR count). The summed E-state index contributed by atoms with van der Waals surface area (Å²) in [7, 11) is 0. The zero-order valence-electron chi connectivity index (χ0n) is 13.9. The molecular formula is C16H16N4O6. The molecule has 10 heteroatoms.